The smallest absolute Gasteiger partial charge is 0.340 e. The zero-order valence-electron chi connectivity index (χ0n) is 20.6. The van der Waals surface area contributed by atoms with Crippen LogP contribution in [-0.2, 0) is 16.1 Å². The maximum atomic E-state index is 13.5. The van der Waals surface area contributed by atoms with Gasteiger partial charge in [0.25, 0.3) is 5.69 Å². The van der Waals surface area contributed by atoms with Crippen LogP contribution in [0, 0.1) is 10.1 Å². The Morgan fingerprint density at radius 1 is 1.06 bits per heavy atom. The number of aliphatic hydroxyl groups excluding tert-OH is 1. The van der Waals surface area contributed by atoms with E-state index in [2.05, 4.69) is 0 Å². The summed E-state index contributed by atoms with van der Waals surface area (Å²) in [5.74, 6) is -0.392. The Morgan fingerprint density at radius 2 is 1.72 bits per heavy atom. The van der Waals surface area contributed by atoms with Crippen LogP contribution in [0.2, 0.25) is 0 Å². The summed E-state index contributed by atoms with van der Waals surface area (Å²) < 4.78 is 11.0. The predicted molar refractivity (Wildman–Crippen MR) is 137 cm³/mol. The van der Waals surface area contributed by atoms with Crippen LogP contribution in [0.3, 0.4) is 0 Å². The van der Waals surface area contributed by atoms with Gasteiger partial charge in [0.1, 0.15) is 22.7 Å². The number of esters is 1. The number of aliphatic hydroxyl groups is 1. The average Bonchev–Trinajstić information content (AvgIpc) is 2.84. The van der Waals surface area contributed by atoms with Gasteiger partial charge in [-0.15, -0.1) is 0 Å². The van der Waals surface area contributed by atoms with Crippen LogP contribution in [-0.4, -0.2) is 28.7 Å². The van der Waals surface area contributed by atoms with E-state index >= 15 is 0 Å². The number of nitrogens with zero attached hydrogens (tertiary/aromatic N) is 2. The highest BCUT2D eigenvalue weighted by molar-refractivity contribution is 6.02. The first kappa shape index (κ1) is 24.8. The van der Waals surface area contributed by atoms with Crippen LogP contribution in [0.15, 0.2) is 78.4 Å². The fourth-order valence-corrected chi connectivity index (χ4v) is 4.28. The van der Waals surface area contributed by atoms with Crippen LogP contribution < -0.4 is 9.64 Å². The molecule has 0 spiro atoms. The van der Waals surface area contributed by atoms with Crippen molar-refractivity contribution in [1.29, 1.82) is 0 Å². The number of anilines is 1. The van der Waals surface area contributed by atoms with E-state index in [1.807, 2.05) is 47.4 Å². The number of fused-ring (bicyclic) bond motifs is 1. The van der Waals surface area contributed by atoms with Gasteiger partial charge < -0.3 is 19.5 Å². The molecular formula is C28H28N2O6. The van der Waals surface area contributed by atoms with Crippen molar-refractivity contribution in [3.63, 3.8) is 0 Å². The highest BCUT2D eigenvalue weighted by Crippen LogP contribution is 2.46. The summed E-state index contributed by atoms with van der Waals surface area (Å²) in [5, 5.41) is 22.9. The second-order valence-electron chi connectivity index (χ2n) is 9.51. The first-order valence-electron chi connectivity index (χ1n) is 11.5. The Balaban J connectivity index is 1.97. The fourth-order valence-electron chi connectivity index (χ4n) is 4.28. The molecule has 3 aromatic rings. The van der Waals surface area contributed by atoms with E-state index in [4.69, 9.17) is 9.47 Å². The van der Waals surface area contributed by atoms with Gasteiger partial charge in [-0.1, -0.05) is 42.5 Å². The minimum absolute atomic E-state index is 0.0130. The molecule has 1 atom stereocenters. The van der Waals surface area contributed by atoms with E-state index in [1.165, 1.54) is 12.1 Å². The standard InChI is InChI=1S/C28H28N2O6/c1-28(2,3)36-27(32)24-25(19-10-13-21(35-4)14-11-19)29(17-18-8-6-5-7-9-18)23-15-12-20(30(33)34)16-22(23)26(24)31/h5-16,25,31H,17H2,1-4H3. The molecule has 0 amide bonds. The normalized spacial score (nSPS) is 15.3. The molecule has 1 N–H and O–H groups in total. The summed E-state index contributed by atoms with van der Waals surface area (Å²) in [5.41, 5.74) is 1.46. The van der Waals surface area contributed by atoms with Crippen LogP contribution in [0.4, 0.5) is 11.4 Å². The van der Waals surface area contributed by atoms with Gasteiger partial charge in [0.05, 0.1) is 18.1 Å². The molecule has 0 saturated heterocycles. The second kappa shape index (κ2) is 9.73. The first-order valence-corrected chi connectivity index (χ1v) is 11.5. The highest BCUT2D eigenvalue weighted by atomic mass is 16.6. The summed E-state index contributed by atoms with van der Waals surface area (Å²) >= 11 is 0. The minimum atomic E-state index is -0.817. The third-order valence-electron chi connectivity index (χ3n) is 5.84. The molecule has 0 fully saturated rings. The number of benzene rings is 3. The number of rotatable bonds is 6. The van der Waals surface area contributed by atoms with E-state index in [0.29, 0.717) is 18.0 Å². The van der Waals surface area contributed by atoms with Crippen molar-refractivity contribution in [2.45, 2.75) is 39.0 Å². The lowest BCUT2D eigenvalue weighted by Crippen LogP contribution is -2.38. The summed E-state index contributed by atoms with van der Waals surface area (Å²) in [6, 6.07) is 20.5. The topological polar surface area (TPSA) is 102 Å². The van der Waals surface area contributed by atoms with Gasteiger partial charge in [-0.25, -0.2) is 4.79 Å². The summed E-state index contributed by atoms with van der Waals surface area (Å²) in [7, 11) is 1.57. The molecule has 1 heterocycles. The molecule has 0 bridgehead atoms. The SMILES string of the molecule is COc1ccc(C2C(C(=O)OC(C)(C)C)=C(O)c3cc([N+](=O)[O-])ccc3N2Cc2ccccc2)cc1. The molecule has 0 saturated carbocycles. The fraction of sp³-hybridized carbons (Fsp3) is 0.250. The van der Waals surface area contributed by atoms with Crippen molar-refractivity contribution in [2.24, 2.45) is 0 Å². The Bertz CT molecular complexity index is 1310. The maximum Gasteiger partial charge on any atom is 0.340 e. The number of methoxy groups -OCH3 is 1. The zero-order chi connectivity index (χ0) is 26.0. The Labute approximate surface area is 209 Å². The van der Waals surface area contributed by atoms with E-state index in [1.54, 1.807) is 46.1 Å². The molecule has 186 valence electrons. The van der Waals surface area contributed by atoms with E-state index < -0.39 is 22.5 Å². The minimum Gasteiger partial charge on any atom is -0.507 e. The van der Waals surface area contributed by atoms with E-state index in [9.17, 15) is 20.0 Å². The first-order chi connectivity index (χ1) is 17.1. The largest absolute Gasteiger partial charge is 0.507 e. The van der Waals surface area contributed by atoms with E-state index in [-0.39, 0.29) is 22.6 Å². The third kappa shape index (κ3) is 5.02. The lowest BCUT2D eigenvalue weighted by molar-refractivity contribution is -0.384. The molecule has 0 aromatic heterocycles. The van der Waals surface area contributed by atoms with Gasteiger partial charge in [0.2, 0.25) is 0 Å². The monoisotopic (exact) mass is 488 g/mol. The van der Waals surface area contributed by atoms with Gasteiger partial charge >= 0.3 is 5.97 Å². The highest BCUT2D eigenvalue weighted by Gasteiger charge is 2.40. The number of hydrogen-bond acceptors (Lipinski definition) is 7. The summed E-state index contributed by atoms with van der Waals surface area (Å²) in [4.78, 5) is 26.5. The van der Waals surface area contributed by atoms with Crippen molar-refractivity contribution >= 4 is 23.1 Å². The summed E-state index contributed by atoms with van der Waals surface area (Å²) in [6.45, 7) is 5.61. The van der Waals surface area contributed by atoms with Crippen LogP contribution in [0.5, 0.6) is 5.75 Å². The molecule has 8 heteroatoms. The maximum absolute atomic E-state index is 13.5. The molecule has 36 heavy (non-hydrogen) atoms. The number of carbonyl (C=O) groups excluding carboxylic acids is 1. The molecule has 1 aliphatic rings. The number of nitro benzene ring substituents is 1. The Kier molecular flexibility index (Phi) is 6.70. The van der Waals surface area contributed by atoms with Crippen LogP contribution in [0.25, 0.3) is 5.76 Å². The lowest BCUT2D eigenvalue weighted by Gasteiger charge is -2.40. The molecule has 8 nitrogen and oxygen atoms in total. The Morgan fingerprint density at radius 3 is 2.31 bits per heavy atom. The van der Waals surface area contributed by atoms with Crippen LogP contribution in [0.1, 0.15) is 43.5 Å². The van der Waals surface area contributed by atoms with E-state index in [0.717, 1.165) is 11.1 Å². The van der Waals surface area contributed by atoms with Gasteiger partial charge in [-0.3, -0.25) is 10.1 Å². The number of carbonyl (C=O) groups is 1. The molecular weight excluding hydrogens is 460 g/mol. The van der Waals surface area contributed by atoms with Gasteiger partial charge in [0, 0.05) is 29.9 Å². The van der Waals surface area contributed by atoms with Crippen molar-refractivity contribution in [2.75, 3.05) is 12.0 Å². The van der Waals surface area contributed by atoms with Crippen molar-refractivity contribution in [3.05, 3.63) is 105 Å². The number of hydrogen-bond donors (Lipinski definition) is 1. The molecule has 0 aliphatic carbocycles. The van der Waals surface area contributed by atoms with Crippen molar-refractivity contribution in [1.82, 2.24) is 0 Å². The number of non-ortho nitro benzene ring substituents is 1. The summed E-state index contributed by atoms with van der Waals surface area (Å²) in [6.07, 6.45) is 0. The molecule has 4 rings (SSSR count). The zero-order valence-corrected chi connectivity index (χ0v) is 20.6. The predicted octanol–water partition coefficient (Wildman–Crippen LogP) is 5.98. The van der Waals surface area contributed by atoms with Crippen LogP contribution >= 0.6 is 0 Å². The quantitative estimate of drug-likeness (QED) is 0.259. The van der Waals surface area contributed by atoms with Crippen molar-refractivity contribution in [3.8, 4) is 5.75 Å². The number of nitro groups is 1. The Hall–Kier alpha value is -4.33. The lowest BCUT2D eigenvalue weighted by atomic mass is 9.88. The third-order valence-corrected chi connectivity index (χ3v) is 5.84. The molecule has 3 aromatic carbocycles. The molecule has 1 unspecified atom stereocenters. The van der Waals surface area contributed by atoms with Gasteiger partial charge in [0.15, 0.2) is 0 Å². The molecule has 1 aliphatic heterocycles. The average molecular weight is 489 g/mol. The number of ether oxygens (including phenoxy) is 2. The van der Waals surface area contributed by atoms with Gasteiger partial charge in [-0.2, -0.15) is 0 Å². The van der Waals surface area contributed by atoms with Crippen molar-refractivity contribution < 1.29 is 24.3 Å². The second-order valence-corrected chi connectivity index (χ2v) is 9.51. The molecule has 0 radical (unpaired) electrons. The van der Waals surface area contributed by atoms with Gasteiger partial charge in [-0.05, 0) is 50.1 Å².